The van der Waals surface area contributed by atoms with Crippen molar-refractivity contribution < 1.29 is 14.3 Å². The molecule has 1 amide bonds. The summed E-state index contributed by atoms with van der Waals surface area (Å²) >= 11 is 5.95. The molecular weight excluding hydrogens is 330 g/mol. The minimum absolute atomic E-state index is 0.0669. The number of nitrogens with two attached hydrogens (primary N) is 1. The Bertz CT molecular complexity index is 1010. The lowest BCUT2D eigenvalue weighted by Gasteiger charge is -2.07. The lowest BCUT2D eigenvalue weighted by Crippen LogP contribution is -2.22. The van der Waals surface area contributed by atoms with E-state index < -0.39 is 5.91 Å². The highest BCUT2D eigenvalue weighted by Gasteiger charge is 2.14. The zero-order valence-corrected chi connectivity index (χ0v) is 13.5. The Kier molecular flexibility index (Phi) is 4.33. The van der Waals surface area contributed by atoms with Gasteiger partial charge in [0.15, 0.2) is 5.58 Å². The van der Waals surface area contributed by atoms with E-state index in [1.165, 1.54) is 6.20 Å². The molecule has 0 unspecified atom stereocenters. The second-order valence-electron chi connectivity index (χ2n) is 5.19. The predicted molar refractivity (Wildman–Crippen MR) is 89.9 cm³/mol. The molecule has 0 aliphatic heterocycles. The fourth-order valence-electron chi connectivity index (χ4n) is 2.34. The van der Waals surface area contributed by atoms with Crippen LogP contribution in [0.4, 0.5) is 5.69 Å². The van der Waals surface area contributed by atoms with Crippen molar-refractivity contribution in [3.05, 3.63) is 63.9 Å². The number of aromatic nitrogens is 1. The second kappa shape index (κ2) is 6.43. The minimum atomic E-state index is -0.681. The maximum Gasteiger partial charge on any atom is 0.254 e. The van der Waals surface area contributed by atoms with Crippen LogP contribution in [0.2, 0.25) is 5.02 Å². The van der Waals surface area contributed by atoms with Crippen LogP contribution in [0.3, 0.4) is 0 Å². The van der Waals surface area contributed by atoms with E-state index in [0.29, 0.717) is 32.9 Å². The standard InChI is InChI=1S/C17H14ClN3O3/c1-9-15-13(10(8-22)7-20-9)6-14(16(19)23)17(24-15)21-12-4-2-3-11(18)5-12/h2-7,22H,8H2,1H3,(H2,19,23). The highest BCUT2D eigenvalue weighted by molar-refractivity contribution is 6.30. The van der Waals surface area contributed by atoms with Crippen molar-refractivity contribution >= 4 is 34.2 Å². The molecule has 0 saturated heterocycles. The van der Waals surface area contributed by atoms with Crippen molar-refractivity contribution in [3.8, 4) is 0 Å². The van der Waals surface area contributed by atoms with Gasteiger partial charge in [0.25, 0.3) is 5.91 Å². The summed E-state index contributed by atoms with van der Waals surface area (Å²) in [6.45, 7) is 1.53. The molecule has 2 aromatic heterocycles. The number of primary amides is 1. The summed E-state index contributed by atoms with van der Waals surface area (Å²) < 4.78 is 5.79. The van der Waals surface area contributed by atoms with E-state index in [2.05, 4.69) is 9.98 Å². The molecule has 0 atom stereocenters. The van der Waals surface area contributed by atoms with Crippen molar-refractivity contribution in [3.63, 3.8) is 0 Å². The largest absolute Gasteiger partial charge is 0.436 e. The first kappa shape index (κ1) is 16.2. The van der Waals surface area contributed by atoms with Crippen molar-refractivity contribution in [1.82, 2.24) is 4.98 Å². The Morgan fingerprint density at radius 1 is 1.42 bits per heavy atom. The van der Waals surface area contributed by atoms with Crippen LogP contribution in [0.25, 0.3) is 11.0 Å². The molecule has 3 rings (SSSR count). The Balaban J connectivity index is 2.37. The number of aliphatic hydroxyl groups is 1. The van der Waals surface area contributed by atoms with Crippen LogP contribution in [0.1, 0.15) is 21.6 Å². The van der Waals surface area contributed by atoms with E-state index in [1.807, 2.05) is 0 Å². The number of carbonyl (C=O) groups is 1. The lowest BCUT2D eigenvalue weighted by molar-refractivity contribution is 0.0996. The number of fused-ring (bicyclic) bond motifs is 1. The Labute approximate surface area is 142 Å². The number of hydrogen-bond acceptors (Lipinski definition) is 5. The van der Waals surface area contributed by atoms with E-state index in [1.54, 1.807) is 37.3 Å². The third-order valence-electron chi connectivity index (χ3n) is 3.53. The number of hydrogen-bond donors (Lipinski definition) is 2. The van der Waals surface area contributed by atoms with Crippen molar-refractivity contribution in [2.45, 2.75) is 13.5 Å². The molecule has 0 aliphatic carbocycles. The summed E-state index contributed by atoms with van der Waals surface area (Å²) in [6.07, 6.45) is 1.53. The van der Waals surface area contributed by atoms with Gasteiger partial charge in [-0.15, -0.1) is 0 Å². The molecule has 0 radical (unpaired) electrons. The van der Waals surface area contributed by atoms with Gasteiger partial charge in [-0.1, -0.05) is 17.7 Å². The van der Waals surface area contributed by atoms with E-state index in [-0.39, 0.29) is 17.7 Å². The SMILES string of the molecule is Cc1ncc(CO)c2cc(C(N)=O)c(=Nc3cccc(Cl)c3)oc12. The van der Waals surface area contributed by atoms with Crippen LogP contribution in [0.5, 0.6) is 0 Å². The molecule has 2 heterocycles. The molecule has 7 heteroatoms. The fourth-order valence-corrected chi connectivity index (χ4v) is 2.52. The Morgan fingerprint density at radius 2 is 2.21 bits per heavy atom. The molecule has 1 aromatic carbocycles. The quantitative estimate of drug-likeness (QED) is 0.763. The monoisotopic (exact) mass is 343 g/mol. The molecule has 0 bridgehead atoms. The highest BCUT2D eigenvalue weighted by atomic mass is 35.5. The van der Waals surface area contributed by atoms with Gasteiger partial charge in [0.05, 0.1) is 18.0 Å². The Hall–Kier alpha value is -2.70. The summed E-state index contributed by atoms with van der Waals surface area (Å²) in [7, 11) is 0. The lowest BCUT2D eigenvalue weighted by atomic mass is 10.1. The molecule has 24 heavy (non-hydrogen) atoms. The van der Waals surface area contributed by atoms with Gasteiger partial charge in [0.2, 0.25) is 5.55 Å². The number of aryl methyl sites for hydroxylation is 1. The van der Waals surface area contributed by atoms with Gasteiger partial charge in [-0.3, -0.25) is 9.78 Å². The van der Waals surface area contributed by atoms with Gasteiger partial charge in [0.1, 0.15) is 5.56 Å². The molecule has 3 N–H and O–H groups in total. The topological polar surface area (TPSA) is 102 Å². The fraction of sp³-hybridized carbons (Fsp3) is 0.118. The zero-order valence-electron chi connectivity index (χ0n) is 12.8. The average Bonchev–Trinajstić information content (AvgIpc) is 2.55. The van der Waals surface area contributed by atoms with E-state index in [0.717, 1.165) is 0 Å². The normalized spacial score (nSPS) is 11.9. The molecule has 0 spiro atoms. The van der Waals surface area contributed by atoms with Crippen LogP contribution in [-0.4, -0.2) is 16.0 Å². The van der Waals surface area contributed by atoms with Crippen LogP contribution in [-0.2, 0) is 6.61 Å². The predicted octanol–water partition coefficient (Wildman–Crippen LogP) is 2.61. The number of aliphatic hydroxyl groups excluding tert-OH is 1. The van der Waals surface area contributed by atoms with Gasteiger partial charge >= 0.3 is 0 Å². The van der Waals surface area contributed by atoms with Gasteiger partial charge in [-0.25, -0.2) is 4.99 Å². The number of halogens is 1. The first-order valence-electron chi connectivity index (χ1n) is 7.13. The highest BCUT2D eigenvalue weighted by Crippen LogP contribution is 2.22. The summed E-state index contributed by atoms with van der Waals surface area (Å²) in [5.41, 5.74) is 7.75. The van der Waals surface area contributed by atoms with Gasteiger partial charge in [0, 0.05) is 22.2 Å². The molecular formula is C17H14ClN3O3. The van der Waals surface area contributed by atoms with Crippen LogP contribution in [0, 0.1) is 6.92 Å². The van der Waals surface area contributed by atoms with Crippen LogP contribution in [0.15, 0.2) is 45.9 Å². The summed E-state index contributed by atoms with van der Waals surface area (Å²) in [6, 6.07) is 8.38. The van der Waals surface area contributed by atoms with E-state index in [9.17, 15) is 9.90 Å². The summed E-state index contributed by atoms with van der Waals surface area (Å²) in [5, 5.41) is 10.5. The number of carbonyl (C=O) groups excluding carboxylic acids is 1. The first-order valence-corrected chi connectivity index (χ1v) is 7.50. The first-order chi connectivity index (χ1) is 11.5. The van der Waals surface area contributed by atoms with Crippen molar-refractivity contribution in [2.24, 2.45) is 10.7 Å². The maximum absolute atomic E-state index is 11.8. The third kappa shape index (κ3) is 3.02. The van der Waals surface area contributed by atoms with E-state index >= 15 is 0 Å². The molecule has 0 fully saturated rings. The number of benzene rings is 1. The Morgan fingerprint density at radius 3 is 2.88 bits per heavy atom. The van der Waals surface area contributed by atoms with Crippen molar-refractivity contribution in [2.75, 3.05) is 0 Å². The number of nitrogens with zero attached hydrogens (tertiary/aromatic N) is 2. The average molecular weight is 344 g/mol. The second-order valence-corrected chi connectivity index (χ2v) is 5.63. The summed E-state index contributed by atoms with van der Waals surface area (Å²) in [5.74, 6) is -0.681. The smallest absolute Gasteiger partial charge is 0.254 e. The molecule has 122 valence electrons. The van der Waals surface area contributed by atoms with Crippen molar-refractivity contribution in [1.29, 1.82) is 0 Å². The van der Waals surface area contributed by atoms with E-state index in [4.69, 9.17) is 21.8 Å². The van der Waals surface area contributed by atoms with Gasteiger partial charge in [-0.2, -0.15) is 0 Å². The zero-order chi connectivity index (χ0) is 17.3. The maximum atomic E-state index is 11.8. The van der Waals surface area contributed by atoms with Crippen LogP contribution >= 0.6 is 11.6 Å². The molecule has 0 aliphatic rings. The summed E-state index contributed by atoms with van der Waals surface area (Å²) in [4.78, 5) is 20.3. The number of pyridine rings is 1. The minimum Gasteiger partial charge on any atom is -0.436 e. The molecule has 6 nitrogen and oxygen atoms in total. The van der Waals surface area contributed by atoms with Gasteiger partial charge in [-0.05, 0) is 31.2 Å². The number of rotatable bonds is 3. The molecule has 0 saturated carbocycles. The molecule has 3 aromatic rings. The van der Waals surface area contributed by atoms with Crippen LogP contribution < -0.4 is 11.3 Å². The third-order valence-corrected chi connectivity index (χ3v) is 3.76. The number of amides is 1. The van der Waals surface area contributed by atoms with Gasteiger partial charge < -0.3 is 15.3 Å².